The Bertz CT molecular complexity index is 775. The molecule has 0 radical (unpaired) electrons. The van der Waals surface area contributed by atoms with Crippen molar-refractivity contribution in [3.8, 4) is 6.07 Å². The highest BCUT2D eigenvalue weighted by Gasteiger charge is 2.14. The highest BCUT2D eigenvalue weighted by atomic mass is 14.8. The van der Waals surface area contributed by atoms with Crippen molar-refractivity contribution in [2.75, 3.05) is 0 Å². The van der Waals surface area contributed by atoms with Crippen LogP contribution in [0.2, 0.25) is 0 Å². The maximum atomic E-state index is 8.91. The number of fused-ring (bicyclic) bond motifs is 1. The third-order valence-corrected chi connectivity index (χ3v) is 3.64. The minimum atomic E-state index is 0.220. The quantitative estimate of drug-likeness (QED) is 0.720. The molecule has 3 heteroatoms. The summed E-state index contributed by atoms with van der Waals surface area (Å²) in [5, 5.41) is 8.91. The molecular weight excluding hydrogens is 258 g/mol. The fourth-order valence-corrected chi connectivity index (χ4v) is 2.62. The van der Waals surface area contributed by atoms with E-state index in [1.54, 1.807) is 12.4 Å². The fraction of sp³-hybridized carbons (Fsp3) is 0.167. The van der Waals surface area contributed by atoms with Gasteiger partial charge in [-0.25, -0.2) is 0 Å². The fourth-order valence-electron chi connectivity index (χ4n) is 2.62. The van der Waals surface area contributed by atoms with Gasteiger partial charge in [0.2, 0.25) is 0 Å². The van der Waals surface area contributed by atoms with E-state index in [4.69, 9.17) is 5.26 Å². The predicted octanol–water partition coefficient (Wildman–Crippen LogP) is 4.07. The summed E-state index contributed by atoms with van der Waals surface area (Å²) in [5.74, 6) is 0.220. The van der Waals surface area contributed by atoms with Crippen LogP contribution in [0.25, 0.3) is 11.0 Å². The molecule has 21 heavy (non-hydrogen) atoms. The van der Waals surface area contributed by atoms with Crippen LogP contribution >= 0.6 is 0 Å². The van der Waals surface area contributed by atoms with Gasteiger partial charge in [-0.3, -0.25) is 9.97 Å². The van der Waals surface area contributed by atoms with Crippen molar-refractivity contribution in [1.29, 1.82) is 5.26 Å². The average molecular weight is 273 g/mol. The zero-order valence-electron chi connectivity index (χ0n) is 11.6. The first-order valence-corrected chi connectivity index (χ1v) is 7.01. The molecule has 0 aliphatic rings. The molecule has 1 unspecified atom stereocenters. The first kappa shape index (κ1) is 13.3. The Morgan fingerprint density at radius 1 is 0.905 bits per heavy atom. The lowest BCUT2D eigenvalue weighted by molar-refractivity contribution is 0.734. The number of benzene rings is 2. The number of rotatable bonds is 4. The maximum Gasteiger partial charge on any atom is 0.0889 e. The van der Waals surface area contributed by atoms with Gasteiger partial charge in [-0.15, -0.1) is 0 Å². The van der Waals surface area contributed by atoms with Crippen molar-refractivity contribution in [3.05, 3.63) is 72.1 Å². The van der Waals surface area contributed by atoms with E-state index in [9.17, 15) is 0 Å². The molecule has 0 fully saturated rings. The Kier molecular flexibility index (Phi) is 3.88. The Morgan fingerprint density at radius 3 is 2.43 bits per heavy atom. The summed E-state index contributed by atoms with van der Waals surface area (Å²) >= 11 is 0. The molecule has 0 bridgehead atoms. The van der Waals surface area contributed by atoms with Crippen molar-refractivity contribution in [2.45, 2.75) is 18.8 Å². The molecule has 102 valence electrons. The van der Waals surface area contributed by atoms with Crippen molar-refractivity contribution in [1.82, 2.24) is 9.97 Å². The summed E-state index contributed by atoms with van der Waals surface area (Å²) in [4.78, 5) is 8.67. The number of nitrogens with zero attached hydrogens (tertiary/aromatic N) is 3. The first-order chi connectivity index (χ1) is 10.4. The van der Waals surface area contributed by atoms with E-state index in [2.05, 4.69) is 40.3 Å². The smallest absolute Gasteiger partial charge is 0.0889 e. The van der Waals surface area contributed by atoms with Gasteiger partial charge in [0.25, 0.3) is 0 Å². The van der Waals surface area contributed by atoms with E-state index in [-0.39, 0.29) is 5.92 Å². The second kappa shape index (κ2) is 6.15. The van der Waals surface area contributed by atoms with E-state index >= 15 is 0 Å². The Labute approximate surface area is 123 Å². The van der Waals surface area contributed by atoms with E-state index in [0.717, 1.165) is 17.5 Å². The van der Waals surface area contributed by atoms with Crippen molar-refractivity contribution < 1.29 is 0 Å². The van der Waals surface area contributed by atoms with Crippen molar-refractivity contribution in [2.24, 2.45) is 0 Å². The molecule has 3 aromatic rings. The lowest BCUT2D eigenvalue weighted by Crippen LogP contribution is -2.01. The number of nitriles is 1. The zero-order valence-corrected chi connectivity index (χ0v) is 11.6. The van der Waals surface area contributed by atoms with E-state index in [1.807, 2.05) is 24.3 Å². The molecule has 0 saturated heterocycles. The van der Waals surface area contributed by atoms with Gasteiger partial charge >= 0.3 is 0 Å². The molecule has 2 aromatic carbocycles. The van der Waals surface area contributed by atoms with Crippen LogP contribution in [0, 0.1) is 11.3 Å². The number of hydrogen-bond acceptors (Lipinski definition) is 3. The lowest BCUT2D eigenvalue weighted by atomic mass is 9.87. The van der Waals surface area contributed by atoms with Gasteiger partial charge in [-0.05, 0) is 29.7 Å². The molecule has 0 saturated carbocycles. The Hall–Kier alpha value is -2.73. The highest BCUT2D eigenvalue weighted by molar-refractivity contribution is 5.74. The molecule has 1 aromatic heterocycles. The lowest BCUT2D eigenvalue weighted by Gasteiger charge is -2.17. The molecule has 0 N–H and O–H groups in total. The molecule has 0 aliphatic heterocycles. The summed E-state index contributed by atoms with van der Waals surface area (Å²) in [6, 6.07) is 18.7. The molecular formula is C18H15N3. The standard InChI is InChI=1S/C18H15N3/c19-10-4-7-16(14-5-2-1-3-6-14)15-8-9-17-18(13-15)21-12-11-20-17/h1-3,5-6,8-9,11-13,16H,4,7H2. The normalized spacial score (nSPS) is 12.0. The molecule has 1 heterocycles. The van der Waals surface area contributed by atoms with E-state index in [1.165, 1.54) is 11.1 Å². The summed E-state index contributed by atoms with van der Waals surface area (Å²) in [5.41, 5.74) is 4.21. The minimum Gasteiger partial charge on any atom is -0.253 e. The summed E-state index contributed by atoms with van der Waals surface area (Å²) in [6.07, 6.45) is 4.76. The Morgan fingerprint density at radius 2 is 1.67 bits per heavy atom. The monoisotopic (exact) mass is 273 g/mol. The molecule has 3 rings (SSSR count). The third-order valence-electron chi connectivity index (χ3n) is 3.64. The molecule has 0 spiro atoms. The van der Waals surface area contributed by atoms with Gasteiger partial charge in [0, 0.05) is 24.7 Å². The van der Waals surface area contributed by atoms with Crippen molar-refractivity contribution in [3.63, 3.8) is 0 Å². The van der Waals surface area contributed by atoms with Gasteiger partial charge in [0.15, 0.2) is 0 Å². The van der Waals surface area contributed by atoms with Crippen molar-refractivity contribution >= 4 is 11.0 Å². The van der Waals surface area contributed by atoms with Gasteiger partial charge in [-0.1, -0.05) is 36.4 Å². The second-order valence-corrected chi connectivity index (χ2v) is 4.96. The topological polar surface area (TPSA) is 49.6 Å². The summed E-state index contributed by atoms with van der Waals surface area (Å²) in [6.45, 7) is 0. The van der Waals surface area contributed by atoms with Crippen LogP contribution in [0.4, 0.5) is 0 Å². The molecule has 3 nitrogen and oxygen atoms in total. The van der Waals surface area contributed by atoms with Crippen LogP contribution in [0.1, 0.15) is 29.9 Å². The van der Waals surface area contributed by atoms with Crippen LogP contribution in [0.5, 0.6) is 0 Å². The van der Waals surface area contributed by atoms with Crippen LogP contribution in [0.3, 0.4) is 0 Å². The largest absolute Gasteiger partial charge is 0.253 e. The predicted molar refractivity (Wildman–Crippen MR) is 82.7 cm³/mol. The Balaban J connectivity index is 2.03. The van der Waals surface area contributed by atoms with Crippen LogP contribution < -0.4 is 0 Å². The van der Waals surface area contributed by atoms with Gasteiger partial charge in [0.05, 0.1) is 17.1 Å². The molecule has 0 aliphatic carbocycles. The number of hydrogen-bond donors (Lipinski definition) is 0. The molecule has 0 amide bonds. The first-order valence-electron chi connectivity index (χ1n) is 7.01. The SMILES string of the molecule is N#CCCC(c1ccccc1)c1ccc2nccnc2c1. The third kappa shape index (κ3) is 2.90. The second-order valence-electron chi connectivity index (χ2n) is 4.96. The highest BCUT2D eigenvalue weighted by Crippen LogP contribution is 2.30. The van der Waals surface area contributed by atoms with E-state index in [0.29, 0.717) is 6.42 Å². The van der Waals surface area contributed by atoms with Gasteiger partial charge in [-0.2, -0.15) is 5.26 Å². The zero-order chi connectivity index (χ0) is 14.5. The minimum absolute atomic E-state index is 0.220. The number of aromatic nitrogens is 2. The van der Waals surface area contributed by atoms with Crippen LogP contribution in [-0.4, -0.2) is 9.97 Å². The van der Waals surface area contributed by atoms with E-state index < -0.39 is 0 Å². The van der Waals surface area contributed by atoms with Crippen LogP contribution in [0.15, 0.2) is 60.9 Å². The maximum absolute atomic E-state index is 8.91. The summed E-state index contributed by atoms with van der Waals surface area (Å²) in [7, 11) is 0. The summed E-state index contributed by atoms with van der Waals surface area (Å²) < 4.78 is 0. The average Bonchev–Trinajstić information content (AvgIpc) is 2.56. The van der Waals surface area contributed by atoms with Gasteiger partial charge in [0.1, 0.15) is 0 Å². The van der Waals surface area contributed by atoms with Crippen LogP contribution in [-0.2, 0) is 0 Å². The van der Waals surface area contributed by atoms with Gasteiger partial charge < -0.3 is 0 Å². The molecule has 1 atom stereocenters.